The number of hydrogen-bond acceptors (Lipinski definition) is 4. The molecule has 0 atom stereocenters. The molecule has 2 rings (SSSR count). The van der Waals surface area contributed by atoms with Crippen molar-refractivity contribution in [1.29, 1.82) is 0 Å². The smallest absolute Gasteiger partial charge is 0.262 e. The number of amides is 1. The van der Waals surface area contributed by atoms with Crippen LogP contribution in [0.2, 0.25) is 0 Å². The van der Waals surface area contributed by atoms with Gasteiger partial charge in [-0.05, 0) is 36.4 Å². The highest BCUT2D eigenvalue weighted by Gasteiger charge is 2.05. The minimum atomic E-state index is -0.234. The van der Waals surface area contributed by atoms with Crippen LogP contribution in [0.5, 0.6) is 11.5 Å². The SMILES string of the molecule is COc1ccc(OCC(=O)Nc2ccccc2S)cc1. The minimum absolute atomic E-state index is 0.0611. The van der Waals surface area contributed by atoms with Crippen molar-refractivity contribution in [2.45, 2.75) is 4.90 Å². The van der Waals surface area contributed by atoms with E-state index in [0.717, 1.165) is 5.75 Å². The van der Waals surface area contributed by atoms with Gasteiger partial charge in [0, 0.05) is 4.90 Å². The van der Waals surface area contributed by atoms with Crippen LogP contribution in [0.15, 0.2) is 53.4 Å². The van der Waals surface area contributed by atoms with Crippen LogP contribution in [-0.2, 0) is 4.79 Å². The van der Waals surface area contributed by atoms with Crippen LogP contribution in [0.4, 0.5) is 5.69 Å². The second kappa shape index (κ2) is 6.86. The van der Waals surface area contributed by atoms with Crippen LogP contribution >= 0.6 is 12.6 Å². The van der Waals surface area contributed by atoms with Gasteiger partial charge >= 0.3 is 0 Å². The van der Waals surface area contributed by atoms with Crippen LogP contribution in [-0.4, -0.2) is 19.6 Å². The number of hydrogen-bond donors (Lipinski definition) is 2. The second-order valence-electron chi connectivity index (χ2n) is 4.03. The highest BCUT2D eigenvalue weighted by molar-refractivity contribution is 7.80. The van der Waals surface area contributed by atoms with Crippen molar-refractivity contribution in [2.24, 2.45) is 0 Å². The van der Waals surface area contributed by atoms with E-state index in [1.807, 2.05) is 18.2 Å². The fourth-order valence-electron chi connectivity index (χ4n) is 1.59. The first-order chi connectivity index (χ1) is 9.69. The molecule has 0 saturated carbocycles. The normalized spacial score (nSPS) is 9.90. The molecule has 1 amide bonds. The van der Waals surface area contributed by atoms with Crippen LogP contribution < -0.4 is 14.8 Å². The van der Waals surface area contributed by atoms with Crippen molar-refractivity contribution in [1.82, 2.24) is 0 Å². The zero-order chi connectivity index (χ0) is 14.4. The standard InChI is InChI=1S/C15H15NO3S/c1-18-11-6-8-12(9-7-11)19-10-15(17)16-13-4-2-3-5-14(13)20/h2-9,20H,10H2,1H3,(H,16,17). The predicted octanol–water partition coefficient (Wildman–Crippen LogP) is 3.00. The van der Waals surface area contributed by atoms with Crippen LogP contribution in [0, 0.1) is 0 Å². The summed E-state index contributed by atoms with van der Waals surface area (Å²) in [6.45, 7) is -0.0611. The summed E-state index contributed by atoms with van der Waals surface area (Å²) >= 11 is 4.26. The van der Waals surface area contributed by atoms with Crippen molar-refractivity contribution >= 4 is 24.2 Å². The number of benzene rings is 2. The summed E-state index contributed by atoms with van der Waals surface area (Å²) in [6.07, 6.45) is 0. The summed E-state index contributed by atoms with van der Waals surface area (Å²) in [5.41, 5.74) is 0.666. The van der Waals surface area contributed by atoms with Gasteiger partial charge in [0.15, 0.2) is 6.61 Å². The monoisotopic (exact) mass is 289 g/mol. The molecule has 20 heavy (non-hydrogen) atoms. The molecule has 0 fully saturated rings. The molecule has 0 aromatic heterocycles. The predicted molar refractivity (Wildman–Crippen MR) is 80.8 cm³/mol. The molecule has 0 aliphatic heterocycles. The zero-order valence-electron chi connectivity index (χ0n) is 11.0. The average Bonchev–Trinajstić information content (AvgIpc) is 2.48. The van der Waals surface area contributed by atoms with Crippen molar-refractivity contribution in [3.8, 4) is 11.5 Å². The van der Waals surface area contributed by atoms with Gasteiger partial charge in [0.2, 0.25) is 0 Å². The van der Waals surface area contributed by atoms with E-state index in [1.54, 1.807) is 37.4 Å². The average molecular weight is 289 g/mol. The molecule has 5 heteroatoms. The Bertz CT molecular complexity index is 584. The molecular formula is C15H15NO3S. The fraction of sp³-hybridized carbons (Fsp3) is 0.133. The Hall–Kier alpha value is -2.14. The van der Waals surface area contributed by atoms with E-state index in [-0.39, 0.29) is 12.5 Å². The number of anilines is 1. The van der Waals surface area contributed by atoms with E-state index >= 15 is 0 Å². The Morgan fingerprint density at radius 3 is 2.40 bits per heavy atom. The second-order valence-corrected chi connectivity index (χ2v) is 4.51. The lowest BCUT2D eigenvalue weighted by Gasteiger charge is -2.09. The number of rotatable bonds is 5. The minimum Gasteiger partial charge on any atom is -0.497 e. The highest BCUT2D eigenvalue weighted by Crippen LogP contribution is 2.19. The Morgan fingerprint density at radius 2 is 1.75 bits per heavy atom. The van der Waals surface area contributed by atoms with E-state index in [2.05, 4.69) is 17.9 Å². The van der Waals surface area contributed by atoms with Crippen molar-refractivity contribution in [3.05, 3.63) is 48.5 Å². The third-order valence-corrected chi connectivity index (χ3v) is 3.00. The maximum Gasteiger partial charge on any atom is 0.262 e. The van der Waals surface area contributed by atoms with Crippen molar-refractivity contribution < 1.29 is 14.3 Å². The number of para-hydroxylation sites is 1. The number of thiol groups is 1. The lowest BCUT2D eigenvalue weighted by atomic mass is 10.3. The Balaban J connectivity index is 1.87. The number of carbonyl (C=O) groups excluding carboxylic acids is 1. The molecule has 2 aromatic carbocycles. The molecule has 0 aliphatic rings. The maximum atomic E-state index is 11.8. The molecule has 104 valence electrons. The van der Waals surface area contributed by atoms with E-state index in [0.29, 0.717) is 16.3 Å². The summed E-state index contributed by atoms with van der Waals surface area (Å²) in [5.74, 6) is 1.12. The Kier molecular flexibility index (Phi) is 4.90. The topological polar surface area (TPSA) is 47.6 Å². The molecular weight excluding hydrogens is 274 g/mol. The third-order valence-electron chi connectivity index (χ3n) is 2.61. The zero-order valence-corrected chi connectivity index (χ0v) is 11.9. The maximum absolute atomic E-state index is 11.8. The van der Waals surface area contributed by atoms with Crippen molar-refractivity contribution in [2.75, 3.05) is 19.0 Å². The van der Waals surface area contributed by atoms with E-state index in [9.17, 15) is 4.79 Å². The largest absolute Gasteiger partial charge is 0.497 e. The van der Waals surface area contributed by atoms with Gasteiger partial charge in [-0.2, -0.15) is 0 Å². The third kappa shape index (κ3) is 3.93. The highest BCUT2D eigenvalue weighted by atomic mass is 32.1. The first-order valence-corrected chi connectivity index (χ1v) is 6.48. The van der Waals surface area contributed by atoms with Gasteiger partial charge < -0.3 is 14.8 Å². The van der Waals surface area contributed by atoms with Gasteiger partial charge in [0.25, 0.3) is 5.91 Å². The lowest BCUT2D eigenvalue weighted by Crippen LogP contribution is -2.20. The van der Waals surface area contributed by atoms with Gasteiger partial charge in [0.1, 0.15) is 11.5 Å². The van der Waals surface area contributed by atoms with Gasteiger partial charge in [-0.25, -0.2) is 0 Å². The molecule has 4 nitrogen and oxygen atoms in total. The molecule has 1 N–H and O–H groups in total. The molecule has 0 unspecified atom stereocenters. The lowest BCUT2D eigenvalue weighted by molar-refractivity contribution is -0.118. The molecule has 0 bridgehead atoms. The fourth-order valence-corrected chi connectivity index (χ4v) is 1.80. The summed E-state index contributed by atoms with van der Waals surface area (Å²) in [7, 11) is 1.60. The van der Waals surface area contributed by atoms with Crippen LogP contribution in [0.1, 0.15) is 0 Å². The van der Waals surface area contributed by atoms with E-state index < -0.39 is 0 Å². The summed E-state index contributed by atoms with van der Waals surface area (Å²) in [5, 5.41) is 2.74. The molecule has 0 spiro atoms. The Labute approximate surface area is 123 Å². The van der Waals surface area contributed by atoms with Crippen molar-refractivity contribution in [3.63, 3.8) is 0 Å². The van der Waals surface area contributed by atoms with E-state index in [4.69, 9.17) is 9.47 Å². The first-order valence-electron chi connectivity index (χ1n) is 6.04. The Morgan fingerprint density at radius 1 is 1.10 bits per heavy atom. The molecule has 0 aliphatic carbocycles. The summed E-state index contributed by atoms with van der Waals surface area (Å²) < 4.78 is 10.4. The van der Waals surface area contributed by atoms with Gasteiger partial charge in [-0.15, -0.1) is 12.6 Å². The molecule has 0 heterocycles. The first kappa shape index (κ1) is 14.3. The molecule has 0 saturated heterocycles. The number of ether oxygens (including phenoxy) is 2. The van der Waals surface area contributed by atoms with Gasteiger partial charge in [-0.3, -0.25) is 4.79 Å². The quantitative estimate of drug-likeness (QED) is 0.832. The van der Waals surface area contributed by atoms with Crippen LogP contribution in [0.25, 0.3) is 0 Å². The molecule has 2 aromatic rings. The number of carbonyl (C=O) groups is 1. The summed E-state index contributed by atoms with van der Waals surface area (Å²) in [4.78, 5) is 12.5. The van der Waals surface area contributed by atoms with Gasteiger partial charge in [0.05, 0.1) is 12.8 Å². The number of methoxy groups -OCH3 is 1. The van der Waals surface area contributed by atoms with E-state index in [1.165, 1.54) is 0 Å². The summed E-state index contributed by atoms with van der Waals surface area (Å²) in [6, 6.07) is 14.3. The number of nitrogens with one attached hydrogen (secondary N) is 1. The van der Waals surface area contributed by atoms with Crippen LogP contribution in [0.3, 0.4) is 0 Å². The van der Waals surface area contributed by atoms with Gasteiger partial charge in [-0.1, -0.05) is 12.1 Å². The molecule has 0 radical (unpaired) electrons.